The van der Waals surface area contributed by atoms with Gasteiger partial charge in [-0.05, 0) is 24.5 Å². The maximum atomic E-state index is 11.9. The summed E-state index contributed by atoms with van der Waals surface area (Å²) in [5.74, 6) is -0.500. The number of carbonyl (C=O) groups excluding carboxylic acids is 1. The number of hydrogen-bond acceptors (Lipinski definition) is 4. The van der Waals surface area contributed by atoms with Gasteiger partial charge in [-0.15, -0.1) is 23.5 Å². The lowest BCUT2D eigenvalue weighted by molar-refractivity contribution is -0.133. The van der Waals surface area contributed by atoms with E-state index in [4.69, 9.17) is 16.7 Å². The molecule has 0 radical (unpaired) electrons. The molecule has 1 aromatic carbocycles. The third-order valence-corrected chi connectivity index (χ3v) is 4.17. The number of rotatable bonds is 7. The van der Waals surface area contributed by atoms with Gasteiger partial charge in [0.1, 0.15) is 0 Å². The Kier molecular flexibility index (Phi) is 7.12. The number of halogens is 1. The molecule has 0 saturated heterocycles. The Bertz CT molecular complexity index is 468. The summed E-state index contributed by atoms with van der Waals surface area (Å²) in [7, 11) is 0. The zero-order chi connectivity index (χ0) is 14.3. The third-order valence-electron chi connectivity index (χ3n) is 2.18. The zero-order valence-corrected chi connectivity index (χ0v) is 12.7. The molecule has 1 amide bonds. The average molecular weight is 320 g/mol. The number of benzene rings is 1. The average Bonchev–Trinajstić information content (AvgIpc) is 2.38. The number of carbonyl (C=O) groups is 2. The molecule has 4 nitrogen and oxygen atoms in total. The van der Waals surface area contributed by atoms with Crippen LogP contribution in [0.3, 0.4) is 0 Å². The van der Waals surface area contributed by atoms with Crippen molar-refractivity contribution in [3.05, 3.63) is 28.8 Å². The molecule has 0 heterocycles. The number of carboxylic acids is 1. The molecule has 0 aliphatic carbocycles. The largest absolute Gasteiger partial charge is 0.481 e. The molecule has 0 atom stereocenters. The van der Waals surface area contributed by atoms with Gasteiger partial charge in [0.05, 0.1) is 16.3 Å². The van der Waals surface area contributed by atoms with Gasteiger partial charge in [0.2, 0.25) is 0 Å². The SMILES string of the molecule is CSc1ccc(Cl)c(C(=O)NCCSCC(=O)O)c1. The fourth-order valence-electron chi connectivity index (χ4n) is 1.30. The molecule has 104 valence electrons. The van der Waals surface area contributed by atoms with Crippen molar-refractivity contribution in [1.82, 2.24) is 5.32 Å². The van der Waals surface area contributed by atoms with E-state index >= 15 is 0 Å². The van der Waals surface area contributed by atoms with Crippen molar-refractivity contribution in [2.24, 2.45) is 0 Å². The van der Waals surface area contributed by atoms with E-state index in [1.165, 1.54) is 23.5 Å². The summed E-state index contributed by atoms with van der Waals surface area (Å²) in [6.45, 7) is 0.413. The van der Waals surface area contributed by atoms with Gasteiger partial charge in [-0.3, -0.25) is 9.59 Å². The first-order chi connectivity index (χ1) is 9.04. The van der Waals surface area contributed by atoms with Gasteiger partial charge in [-0.25, -0.2) is 0 Å². The van der Waals surface area contributed by atoms with Gasteiger partial charge in [0, 0.05) is 17.2 Å². The van der Waals surface area contributed by atoms with Crippen molar-refractivity contribution < 1.29 is 14.7 Å². The van der Waals surface area contributed by atoms with Crippen LogP contribution in [-0.4, -0.2) is 41.3 Å². The molecule has 1 aromatic rings. The lowest BCUT2D eigenvalue weighted by Gasteiger charge is -2.07. The van der Waals surface area contributed by atoms with Crippen LogP contribution in [0, 0.1) is 0 Å². The number of aliphatic carboxylic acids is 1. The van der Waals surface area contributed by atoms with E-state index in [9.17, 15) is 9.59 Å². The quantitative estimate of drug-likeness (QED) is 0.597. The minimum absolute atomic E-state index is 0.0403. The summed E-state index contributed by atoms with van der Waals surface area (Å²) in [5, 5.41) is 11.6. The molecule has 0 aliphatic heterocycles. The van der Waals surface area contributed by atoms with Gasteiger partial charge < -0.3 is 10.4 Å². The Labute approximate surface area is 125 Å². The van der Waals surface area contributed by atoms with Crippen molar-refractivity contribution in [3.8, 4) is 0 Å². The van der Waals surface area contributed by atoms with E-state index in [1.807, 2.05) is 12.3 Å². The van der Waals surface area contributed by atoms with Crippen molar-refractivity contribution in [3.63, 3.8) is 0 Å². The van der Waals surface area contributed by atoms with Crippen LogP contribution < -0.4 is 5.32 Å². The summed E-state index contributed by atoms with van der Waals surface area (Å²) in [6, 6.07) is 5.29. The van der Waals surface area contributed by atoms with Crippen molar-refractivity contribution in [2.45, 2.75) is 4.90 Å². The van der Waals surface area contributed by atoms with Crippen LogP contribution in [0.2, 0.25) is 5.02 Å². The van der Waals surface area contributed by atoms with Crippen molar-refractivity contribution >= 4 is 47.0 Å². The Morgan fingerprint density at radius 2 is 2.16 bits per heavy atom. The van der Waals surface area contributed by atoms with E-state index in [-0.39, 0.29) is 11.7 Å². The predicted molar refractivity (Wildman–Crippen MR) is 80.5 cm³/mol. The first kappa shape index (κ1) is 16.2. The second-order valence-corrected chi connectivity index (χ2v) is 5.94. The Morgan fingerprint density at radius 3 is 2.79 bits per heavy atom. The Morgan fingerprint density at radius 1 is 1.42 bits per heavy atom. The van der Waals surface area contributed by atoms with Gasteiger partial charge >= 0.3 is 5.97 Å². The number of carboxylic acid groups (broad SMARTS) is 1. The summed E-state index contributed by atoms with van der Waals surface area (Å²) >= 11 is 8.77. The van der Waals surface area contributed by atoms with Crippen LogP contribution in [-0.2, 0) is 4.79 Å². The second-order valence-electron chi connectivity index (χ2n) is 3.55. The zero-order valence-electron chi connectivity index (χ0n) is 10.3. The van der Waals surface area contributed by atoms with Crippen LogP contribution in [0.1, 0.15) is 10.4 Å². The molecule has 0 aliphatic rings. The molecule has 0 saturated carbocycles. The Hall–Kier alpha value is -0.850. The Balaban J connectivity index is 2.47. The molecule has 0 aromatic heterocycles. The van der Waals surface area contributed by atoms with Gasteiger partial charge in [0.15, 0.2) is 0 Å². The van der Waals surface area contributed by atoms with Crippen LogP contribution in [0.5, 0.6) is 0 Å². The van der Waals surface area contributed by atoms with Gasteiger partial charge in [-0.1, -0.05) is 11.6 Å². The lowest BCUT2D eigenvalue weighted by atomic mass is 10.2. The minimum Gasteiger partial charge on any atom is -0.481 e. The van der Waals surface area contributed by atoms with Crippen LogP contribution in [0.15, 0.2) is 23.1 Å². The highest BCUT2D eigenvalue weighted by Gasteiger charge is 2.10. The van der Waals surface area contributed by atoms with Gasteiger partial charge in [0.25, 0.3) is 5.91 Å². The second kappa shape index (κ2) is 8.35. The topological polar surface area (TPSA) is 66.4 Å². The fraction of sp³-hybridized carbons (Fsp3) is 0.333. The highest BCUT2D eigenvalue weighted by molar-refractivity contribution is 7.99. The molecule has 2 N–H and O–H groups in total. The van der Waals surface area contributed by atoms with E-state index in [1.54, 1.807) is 12.1 Å². The van der Waals surface area contributed by atoms with E-state index in [0.717, 1.165) is 4.90 Å². The highest BCUT2D eigenvalue weighted by Crippen LogP contribution is 2.22. The smallest absolute Gasteiger partial charge is 0.313 e. The molecule has 19 heavy (non-hydrogen) atoms. The van der Waals surface area contributed by atoms with Crippen LogP contribution >= 0.6 is 35.1 Å². The van der Waals surface area contributed by atoms with Crippen LogP contribution in [0.4, 0.5) is 0 Å². The van der Waals surface area contributed by atoms with E-state index in [2.05, 4.69) is 5.32 Å². The molecule has 0 spiro atoms. The van der Waals surface area contributed by atoms with E-state index in [0.29, 0.717) is 22.9 Å². The predicted octanol–water partition coefficient (Wildman–Crippen LogP) is 2.61. The monoisotopic (exact) mass is 319 g/mol. The molecular formula is C12H14ClNO3S2. The number of thioether (sulfide) groups is 2. The molecule has 0 unspecified atom stereocenters. The van der Waals surface area contributed by atoms with Gasteiger partial charge in [-0.2, -0.15) is 0 Å². The van der Waals surface area contributed by atoms with Crippen molar-refractivity contribution in [1.29, 1.82) is 0 Å². The summed E-state index contributed by atoms with van der Waals surface area (Å²) in [5.41, 5.74) is 0.441. The molecule has 0 fully saturated rings. The van der Waals surface area contributed by atoms with Crippen molar-refractivity contribution in [2.75, 3.05) is 24.3 Å². The lowest BCUT2D eigenvalue weighted by Crippen LogP contribution is -2.26. The summed E-state index contributed by atoms with van der Waals surface area (Å²) < 4.78 is 0. The maximum absolute atomic E-state index is 11.9. The maximum Gasteiger partial charge on any atom is 0.313 e. The minimum atomic E-state index is -0.855. The normalized spacial score (nSPS) is 10.2. The first-order valence-corrected chi connectivity index (χ1v) is 8.21. The molecule has 1 rings (SSSR count). The standard InChI is InChI=1S/C12H14ClNO3S2/c1-18-8-2-3-10(13)9(6-8)12(17)14-4-5-19-7-11(15)16/h2-3,6H,4-5,7H2,1H3,(H,14,17)(H,15,16). The first-order valence-electron chi connectivity index (χ1n) is 5.46. The molecule has 7 heteroatoms. The number of amides is 1. The summed E-state index contributed by atoms with van der Waals surface area (Å²) in [6.07, 6.45) is 1.92. The number of nitrogens with one attached hydrogen (secondary N) is 1. The fourth-order valence-corrected chi connectivity index (χ4v) is 2.51. The number of hydrogen-bond donors (Lipinski definition) is 2. The molecular weight excluding hydrogens is 306 g/mol. The molecule has 0 bridgehead atoms. The van der Waals surface area contributed by atoms with E-state index < -0.39 is 5.97 Å². The van der Waals surface area contributed by atoms with Crippen LogP contribution in [0.25, 0.3) is 0 Å². The highest BCUT2D eigenvalue weighted by atomic mass is 35.5. The third kappa shape index (κ3) is 5.76. The summed E-state index contributed by atoms with van der Waals surface area (Å²) in [4.78, 5) is 23.2.